The molecular formula is C13H14N4O2. The summed E-state index contributed by atoms with van der Waals surface area (Å²) in [5.41, 5.74) is 2.09. The molecule has 0 radical (unpaired) electrons. The first-order valence-electron chi connectivity index (χ1n) is 6.37. The molecule has 0 spiro atoms. The van der Waals surface area contributed by atoms with Gasteiger partial charge in [0.05, 0.1) is 12.2 Å². The summed E-state index contributed by atoms with van der Waals surface area (Å²) in [6, 6.07) is 3.60. The summed E-state index contributed by atoms with van der Waals surface area (Å²) in [7, 11) is 0. The van der Waals surface area contributed by atoms with E-state index in [4.69, 9.17) is 4.52 Å². The molecule has 19 heavy (non-hydrogen) atoms. The normalized spacial score (nSPS) is 13.9. The number of carbonyl (C=O) groups excluding carboxylic acids is 1. The number of nitrogens with zero attached hydrogens (tertiary/aromatic N) is 3. The Morgan fingerprint density at radius 2 is 2.26 bits per heavy atom. The van der Waals surface area contributed by atoms with Crippen LogP contribution in [0.4, 0.5) is 0 Å². The van der Waals surface area contributed by atoms with Gasteiger partial charge < -0.3 is 9.84 Å². The van der Waals surface area contributed by atoms with E-state index in [2.05, 4.69) is 20.7 Å². The molecule has 0 atom stereocenters. The van der Waals surface area contributed by atoms with Crippen molar-refractivity contribution in [1.82, 2.24) is 20.7 Å². The van der Waals surface area contributed by atoms with Crippen LogP contribution < -0.4 is 5.32 Å². The monoisotopic (exact) mass is 258 g/mol. The fourth-order valence-corrected chi connectivity index (χ4v) is 2.25. The highest BCUT2D eigenvalue weighted by Crippen LogP contribution is 2.24. The lowest BCUT2D eigenvalue weighted by molar-refractivity contribution is 0.0940. The van der Waals surface area contributed by atoms with Crippen LogP contribution in [-0.4, -0.2) is 21.3 Å². The number of nitrogens with one attached hydrogen (secondary N) is 1. The molecule has 2 aromatic heterocycles. The molecule has 1 amide bonds. The molecule has 3 rings (SSSR count). The summed E-state index contributed by atoms with van der Waals surface area (Å²) in [6.07, 6.45) is 5.52. The standard InChI is InChI=1S/C13H14N4O2/c18-13(14-8-9-4-3-7-15-16-9)12-10-5-1-2-6-11(10)19-17-12/h3-4,7H,1-2,5-6,8H2,(H,14,18). The minimum Gasteiger partial charge on any atom is -0.360 e. The maximum absolute atomic E-state index is 12.1. The summed E-state index contributed by atoms with van der Waals surface area (Å²) < 4.78 is 5.22. The Morgan fingerprint density at radius 1 is 1.37 bits per heavy atom. The zero-order valence-corrected chi connectivity index (χ0v) is 10.4. The Labute approximate surface area is 110 Å². The van der Waals surface area contributed by atoms with E-state index in [0.717, 1.165) is 37.0 Å². The van der Waals surface area contributed by atoms with E-state index in [0.29, 0.717) is 17.9 Å². The van der Waals surface area contributed by atoms with Gasteiger partial charge in [0.25, 0.3) is 5.91 Å². The number of amides is 1. The average molecular weight is 258 g/mol. The third-order valence-corrected chi connectivity index (χ3v) is 3.22. The van der Waals surface area contributed by atoms with Gasteiger partial charge >= 0.3 is 0 Å². The largest absolute Gasteiger partial charge is 0.360 e. The highest BCUT2D eigenvalue weighted by Gasteiger charge is 2.23. The van der Waals surface area contributed by atoms with Crippen molar-refractivity contribution in [2.24, 2.45) is 0 Å². The summed E-state index contributed by atoms with van der Waals surface area (Å²) >= 11 is 0. The van der Waals surface area contributed by atoms with Crippen LogP contribution >= 0.6 is 0 Å². The summed E-state index contributed by atoms with van der Waals surface area (Å²) in [6.45, 7) is 0.342. The van der Waals surface area contributed by atoms with Gasteiger partial charge in [0.15, 0.2) is 5.69 Å². The molecule has 0 saturated heterocycles. The highest BCUT2D eigenvalue weighted by molar-refractivity contribution is 5.93. The van der Waals surface area contributed by atoms with E-state index >= 15 is 0 Å². The maximum Gasteiger partial charge on any atom is 0.274 e. The minimum absolute atomic E-state index is 0.211. The van der Waals surface area contributed by atoms with Crippen molar-refractivity contribution in [1.29, 1.82) is 0 Å². The molecule has 0 aromatic carbocycles. The predicted molar refractivity (Wildman–Crippen MR) is 66.3 cm³/mol. The Kier molecular flexibility index (Phi) is 3.22. The molecule has 0 saturated carbocycles. The van der Waals surface area contributed by atoms with Crippen LogP contribution in [0.1, 0.15) is 40.3 Å². The zero-order valence-electron chi connectivity index (χ0n) is 10.4. The van der Waals surface area contributed by atoms with Crippen molar-refractivity contribution < 1.29 is 9.32 Å². The molecule has 1 aliphatic carbocycles. The lowest BCUT2D eigenvalue weighted by Crippen LogP contribution is -2.25. The number of aryl methyl sites for hydroxylation is 1. The van der Waals surface area contributed by atoms with Gasteiger partial charge in [0.1, 0.15) is 5.76 Å². The van der Waals surface area contributed by atoms with Crippen LogP contribution in [-0.2, 0) is 19.4 Å². The molecule has 2 aromatic rings. The third-order valence-electron chi connectivity index (χ3n) is 3.22. The molecule has 0 unspecified atom stereocenters. The van der Waals surface area contributed by atoms with Crippen LogP contribution in [0.5, 0.6) is 0 Å². The van der Waals surface area contributed by atoms with E-state index in [-0.39, 0.29) is 5.91 Å². The lowest BCUT2D eigenvalue weighted by atomic mass is 9.96. The second-order valence-electron chi connectivity index (χ2n) is 4.54. The fourth-order valence-electron chi connectivity index (χ4n) is 2.25. The summed E-state index contributed by atoms with van der Waals surface area (Å²) in [4.78, 5) is 12.1. The smallest absolute Gasteiger partial charge is 0.274 e. The lowest BCUT2D eigenvalue weighted by Gasteiger charge is -2.09. The minimum atomic E-state index is -0.211. The van der Waals surface area contributed by atoms with Crippen LogP contribution in [0.25, 0.3) is 0 Å². The third kappa shape index (κ3) is 2.47. The van der Waals surface area contributed by atoms with Gasteiger partial charge in [-0.05, 0) is 31.4 Å². The van der Waals surface area contributed by atoms with Crippen LogP contribution in [0.15, 0.2) is 22.9 Å². The van der Waals surface area contributed by atoms with Crippen molar-refractivity contribution in [2.45, 2.75) is 32.2 Å². The van der Waals surface area contributed by atoms with Gasteiger partial charge in [-0.3, -0.25) is 4.79 Å². The predicted octanol–water partition coefficient (Wildman–Crippen LogP) is 1.27. The molecule has 0 fully saturated rings. The number of hydrogen-bond acceptors (Lipinski definition) is 5. The second-order valence-corrected chi connectivity index (χ2v) is 4.54. The SMILES string of the molecule is O=C(NCc1cccnn1)c1noc2c1CCCC2. The first-order chi connectivity index (χ1) is 9.34. The van der Waals surface area contributed by atoms with Crippen LogP contribution in [0.3, 0.4) is 0 Å². The van der Waals surface area contributed by atoms with E-state index in [9.17, 15) is 4.79 Å². The van der Waals surface area contributed by atoms with Crippen LogP contribution in [0, 0.1) is 0 Å². The van der Waals surface area contributed by atoms with Gasteiger partial charge in [0, 0.05) is 18.2 Å². The van der Waals surface area contributed by atoms with Gasteiger partial charge in [-0.25, -0.2) is 0 Å². The highest BCUT2D eigenvalue weighted by atomic mass is 16.5. The van der Waals surface area contributed by atoms with Crippen molar-refractivity contribution in [3.63, 3.8) is 0 Å². The Morgan fingerprint density at radius 3 is 3.11 bits per heavy atom. The van der Waals surface area contributed by atoms with E-state index < -0.39 is 0 Å². The number of rotatable bonds is 3. The van der Waals surface area contributed by atoms with E-state index in [1.54, 1.807) is 12.3 Å². The molecule has 2 heterocycles. The molecule has 6 nitrogen and oxygen atoms in total. The van der Waals surface area contributed by atoms with E-state index in [1.165, 1.54) is 0 Å². The van der Waals surface area contributed by atoms with Crippen molar-refractivity contribution in [3.05, 3.63) is 41.0 Å². The molecule has 1 N–H and O–H groups in total. The number of aromatic nitrogens is 3. The molecule has 0 aliphatic heterocycles. The van der Waals surface area contributed by atoms with Gasteiger partial charge in [0.2, 0.25) is 0 Å². The van der Waals surface area contributed by atoms with Crippen molar-refractivity contribution in [3.8, 4) is 0 Å². The molecular weight excluding hydrogens is 244 g/mol. The number of fused-ring (bicyclic) bond motifs is 1. The van der Waals surface area contributed by atoms with Crippen molar-refractivity contribution in [2.75, 3.05) is 0 Å². The topological polar surface area (TPSA) is 80.9 Å². The molecule has 98 valence electrons. The summed E-state index contributed by atoms with van der Waals surface area (Å²) in [5, 5.41) is 14.3. The van der Waals surface area contributed by atoms with Crippen molar-refractivity contribution >= 4 is 5.91 Å². The van der Waals surface area contributed by atoms with Crippen LogP contribution in [0.2, 0.25) is 0 Å². The summed E-state index contributed by atoms with van der Waals surface area (Å²) in [5.74, 6) is 0.647. The van der Waals surface area contributed by atoms with Gasteiger partial charge in [-0.15, -0.1) is 0 Å². The molecule has 1 aliphatic rings. The molecule has 0 bridgehead atoms. The van der Waals surface area contributed by atoms with Gasteiger partial charge in [-0.2, -0.15) is 10.2 Å². The Hall–Kier alpha value is -2.24. The quantitative estimate of drug-likeness (QED) is 0.896. The first-order valence-corrected chi connectivity index (χ1v) is 6.37. The number of carbonyl (C=O) groups is 1. The molecule has 6 heteroatoms. The van der Waals surface area contributed by atoms with E-state index in [1.807, 2.05) is 6.07 Å². The Balaban J connectivity index is 1.69. The average Bonchev–Trinajstić information content (AvgIpc) is 2.90. The Bertz CT molecular complexity index is 580. The second kappa shape index (κ2) is 5.17. The fraction of sp³-hybridized carbons (Fsp3) is 0.385. The zero-order chi connectivity index (χ0) is 13.1. The first kappa shape index (κ1) is 11.8. The number of hydrogen-bond donors (Lipinski definition) is 1. The maximum atomic E-state index is 12.1. The van der Waals surface area contributed by atoms with Gasteiger partial charge in [-0.1, -0.05) is 5.16 Å².